The van der Waals surface area contributed by atoms with Gasteiger partial charge >= 0.3 is 0 Å². The number of nitrogens with zero attached hydrogens (tertiary/aromatic N) is 6. The standard InChI is InChI=1S/C23H20N6OS/c1-30-19-11-8-16(9-12-19)14-29-27-23(26-28-29)20-7-3-6-18(24-20)10-13-22-25-21(15-31-22)17-4-2-5-17/h3,6-9,11-12,15,17H,2,4-5,14H2,1H3. The Kier molecular flexibility index (Phi) is 5.42. The molecule has 1 aromatic carbocycles. The first-order valence-electron chi connectivity index (χ1n) is 10.1. The number of tetrazole rings is 1. The van der Waals surface area contributed by atoms with Crippen LogP contribution in [0, 0.1) is 11.8 Å². The van der Waals surface area contributed by atoms with Gasteiger partial charge in [-0.25, -0.2) is 9.97 Å². The van der Waals surface area contributed by atoms with Gasteiger partial charge in [-0.15, -0.1) is 21.5 Å². The molecular weight excluding hydrogens is 408 g/mol. The van der Waals surface area contributed by atoms with Crippen LogP contribution in [0.1, 0.15) is 47.1 Å². The van der Waals surface area contributed by atoms with Gasteiger partial charge in [0, 0.05) is 11.3 Å². The number of thiazole rings is 1. The van der Waals surface area contributed by atoms with E-state index in [-0.39, 0.29) is 0 Å². The summed E-state index contributed by atoms with van der Waals surface area (Å²) in [6, 6.07) is 13.4. The number of ether oxygens (including phenoxy) is 1. The summed E-state index contributed by atoms with van der Waals surface area (Å²) in [4.78, 5) is 10.8. The van der Waals surface area contributed by atoms with Crippen molar-refractivity contribution in [3.8, 4) is 29.1 Å². The van der Waals surface area contributed by atoms with E-state index in [0.717, 1.165) is 16.3 Å². The lowest BCUT2D eigenvalue weighted by molar-refractivity contribution is 0.412. The SMILES string of the molecule is COc1ccc(Cn2nnc(-c3cccc(C#Cc4nc(C5CCC5)cs4)n3)n2)cc1. The third kappa shape index (κ3) is 4.47. The Labute approximate surface area is 184 Å². The molecule has 0 atom stereocenters. The minimum Gasteiger partial charge on any atom is -0.497 e. The van der Waals surface area contributed by atoms with Crippen molar-refractivity contribution >= 4 is 11.3 Å². The summed E-state index contributed by atoms with van der Waals surface area (Å²) in [5.41, 5.74) is 3.54. The van der Waals surface area contributed by atoms with E-state index in [1.54, 1.807) is 23.2 Å². The average molecular weight is 429 g/mol. The maximum absolute atomic E-state index is 5.19. The van der Waals surface area contributed by atoms with E-state index in [4.69, 9.17) is 4.74 Å². The van der Waals surface area contributed by atoms with Gasteiger partial charge in [0.15, 0.2) is 5.01 Å². The molecule has 1 saturated carbocycles. The Morgan fingerprint density at radius 2 is 1.97 bits per heavy atom. The first kappa shape index (κ1) is 19.4. The molecule has 31 heavy (non-hydrogen) atoms. The van der Waals surface area contributed by atoms with Gasteiger partial charge in [0.1, 0.15) is 17.1 Å². The molecule has 4 aromatic rings. The van der Waals surface area contributed by atoms with Gasteiger partial charge in [-0.1, -0.05) is 24.6 Å². The fraction of sp³-hybridized carbons (Fsp3) is 0.261. The van der Waals surface area contributed by atoms with E-state index in [0.29, 0.717) is 29.7 Å². The highest BCUT2D eigenvalue weighted by Crippen LogP contribution is 2.36. The normalized spacial score (nSPS) is 13.3. The van der Waals surface area contributed by atoms with Crippen LogP contribution in [0.2, 0.25) is 0 Å². The Balaban J connectivity index is 1.29. The van der Waals surface area contributed by atoms with Crippen molar-refractivity contribution in [1.29, 1.82) is 0 Å². The molecule has 0 aliphatic heterocycles. The minimum atomic E-state index is 0.471. The van der Waals surface area contributed by atoms with Crippen LogP contribution in [-0.4, -0.2) is 37.3 Å². The summed E-state index contributed by atoms with van der Waals surface area (Å²) in [6.45, 7) is 0.518. The molecule has 0 bridgehead atoms. The van der Waals surface area contributed by atoms with Gasteiger partial charge < -0.3 is 4.74 Å². The molecule has 1 aliphatic carbocycles. The molecule has 1 aliphatic rings. The van der Waals surface area contributed by atoms with Crippen LogP contribution < -0.4 is 4.74 Å². The number of benzene rings is 1. The van der Waals surface area contributed by atoms with Crippen LogP contribution in [0.5, 0.6) is 5.75 Å². The minimum absolute atomic E-state index is 0.471. The van der Waals surface area contributed by atoms with Crippen LogP contribution in [0.25, 0.3) is 11.5 Å². The fourth-order valence-electron chi connectivity index (χ4n) is 3.29. The van der Waals surface area contributed by atoms with E-state index in [1.807, 2.05) is 42.5 Å². The van der Waals surface area contributed by atoms with Crippen LogP contribution >= 0.6 is 11.3 Å². The largest absolute Gasteiger partial charge is 0.497 e. The first-order valence-corrected chi connectivity index (χ1v) is 11.0. The van der Waals surface area contributed by atoms with Crippen molar-refractivity contribution in [2.75, 3.05) is 7.11 Å². The van der Waals surface area contributed by atoms with Crippen molar-refractivity contribution in [3.05, 3.63) is 69.8 Å². The van der Waals surface area contributed by atoms with E-state index in [1.165, 1.54) is 25.0 Å². The molecule has 0 saturated heterocycles. The summed E-state index contributed by atoms with van der Waals surface area (Å²) < 4.78 is 5.19. The summed E-state index contributed by atoms with van der Waals surface area (Å²) >= 11 is 1.60. The molecule has 1 fully saturated rings. The highest BCUT2D eigenvalue weighted by atomic mass is 32.1. The number of aromatic nitrogens is 6. The lowest BCUT2D eigenvalue weighted by Crippen LogP contribution is -2.08. The number of hydrogen-bond acceptors (Lipinski definition) is 7. The Morgan fingerprint density at radius 3 is 2.74 bits per heavy atom. The van der Waals surface area contributed by atoms with Gasteiger partial charge in [0.05, 0.1) is 19.3 Å². The van der Waals surface area contributed by atoms with Crippen molar-refractivity contribution in [1.82, 2.24) is 30.2 Å². The molecule has 8 heteroatoms. The van der Waals surface area contributed by atoms with Crippen molar-refractivity contribution in [3.63, 3.8) is 0 Å². The molecule has 0 N–H and O–H groups in total. The monoisotopic (exact) mass is 428 g/mol. The summed E-state index contributed by atoms with van der Waals surface area (Å²) in [6.07, 6.45) is 3.79. The molecule has 5 rings (SSSR count). The number of methoxy groups -OCH3 is 1. The zero-order valence-corrected chi connectivity index (χ0v) is 17.8. The molecule has 3 heterocycles. The molecule has 0 radical (unpaired) electrons. The van der Waals surface area contributed by atoms with Crippen LogP contribution in [0.4, 0.5) is 0 Å². The van der Waals surface area contributed by atoms with Crippen molar-refractivity contribution in [2.45, 2.75) is 31.7 Å². The molecular formula is C23H20N6OS. The predicted molar refractivity (Wildman–Crippen MR) is 118 cm³/mol. The predicted octanol–water partition coefficient (Wildman–Crippen LogP) is 3.92. The summed E-state index contributed by atoms with van der Waals surface area (Å²) in [5, 5.41) is 15.7. The molecule has 3 aromatic heterocycles. The van der Waals surface area contributed by atoms with Crippen LogP contribution in [0.3, 0.4) is 0 Å². The lowest BCUT2D eigenvalue weighted by Gasteiger charge is -2.22. The van der Waals surface area contributed by atoms with Crippen LogP contribution in [0.15, 0.2) is 47.8 Å². The van der Waals surface area contributed by atoms with Crippen LogP contribution in [-0.2, 0) is 6.54 Å². The molecule has 0 amide bonds. The quantitative estimate of drug-likeness (QED) is 0.449. The second-order valence-corrected chi connectivity index (χ2v) is 8.21. The van der Waals surface area contributed by atoms with Gasteiger partial charge in [-0.2, -0.15) is 4.80 Å². The van der Waals surface area contributed by atoms with Crippen molar-refractivity contribution < 1.29 is 4.74 Å². The third-order valence-electron chi connectivity index (χ3n) is 5.26. The highest BCUT2D eigenvalue weighted by Gasteiger charge is 2.21. The van der Waals surface area contributed by atoms with E-state index < -0.39 is 0 Å². The molecule has 154 valence electrons. The van der Waals surface area contributed by atoms with E-state index in [2.05, 4.69) is 42.6 Å². The maximum atomic E-state index is 5.19. The zero-order chi connectivity index (χ0) is 21.0. The smallest absolute Gasteiger partial charge is 0.223 e. The number of rotatable bonds is 5. The van der Waals surface area contributed by atoms with E-state index >= 15 is 0 Å². The topological polar surface area (TPSA) is 78.6 Å². The average Bonchev–Trinajstić information content (AvgIpc) is 3.42. The number of pyridine rings is 1. The molecule has 0 spiro atoms. The second-order valence-electron chi connectivity index (χ2n) is 7.35. The van der Waals surface area contributed by atoms with Gasteiger partial charge in [0.2, 0.25) is 5.82 Å². The van der Waals surface area contributed by atoms with Crippen molar-refractivity contribution in [2.24, 2.45) is 0 Å². The van der Waals surface area contributed by atoms with Gasteiger partial charge in [0.25, 0.3) is 0 Å². The Hall–Kier alpha value is -3.57. The second kappa shape index (κ2) is 8.66. The Bertz CT molecular complexity index is 1250. The summed E-state index contributed by atoms with van der Waals surface area (Å²) in [7, 11) is 1.65. The molecule has 7 nitrogen and oxygen atoms in total. The van der Waals surface area contributed by atoms with Gasteiger partial charge in [-0.3, -0.25) is 0 Å². The summed E-state index contributed by atoms with van der Waals surface area (Å²) in [5.74, 6) is 8.15. The Morgan fingerprint density at radius 1 is 1.10 bits per heavy atom. The first-order chi connectivity index (χ1) is 15.3. The van der Waals surface area contributed by atoms with E-state index in [9.17, 15) is 0 Å². The van der Waals surface area contributed by atoms with Gasteiger partial charge in [-0.05, 0) is 59.7 Å². The number of hydrogen-bond donors (Lipinski definition) is 0. The highest BCUT2D eigenvalue weighted by molar-refractivity contribution is 7.10. The third-order valence-corrected chi connectivity index (χ3v) is 6.03. The lowest BCUT2D eigenvalue weighted by atomic mass is 9.83. The zero-order valence-electron chi connectivity index (χ0n) is 17.0. The molecule has 0 unspecified atom stereocenters. The fourth-order valence-corrected chi connectivity index (χ4v) is 4.03. The maximum Gasteiger partial charge on any atom is 0.223 e.